The van der Waals surface area contributed by atoms with Gasteiger partial charge in [0.05, 0.1) is 0 Å². The minimum atomic E-state index is -0.912. The van der Waals surface area contributed by atoms with Crippen LogP contribution in [-0.4, -0.2) is 115 Å². The van der Waals surface area contributed by atoms with Gasteiger partial charge in [0.2, 0.25) is 0 Å². The Bertz CT molecular complexity index is 815. The fourth-order valence-electron chi connectivity index (χ4n) is 5.15. The molecule has 6 aliphatic rings. The van der Waals surface area contributed by atoms with Crippen molar-refractivity contribution in [1.29, 1.82) is 0 Å². The van der Waals surface area contributed by atoms with Gasteiger partial charge in [-0.2, -0.15) is 40.0 Å². The van der Waals surface area contributed by atoms with Crippen LogP contribution in [0, 0.1) is 40.0 Å². The second-order valence-electron chi connectivity index (χ2n) is 10.4. The van der Waals surface area contributed by atoms with Crippen LogP contribution >= 0.6 is 0 Å². The van der Waals surface area contributed by atoms with Crippen molar-refractivity contribution in [2.45, 2.75) is 0 Å². The first-order chi connectivity index (χ1) is 18.3. The van der Waals surface area contributed by atoms with Gasteiger partial charge in [-0.15, -0.1) is 0 Å². The third-order valence-electron chi connectivity index (χ3n) is 6.90. The first kappa shape index (κ1) is 34.9. The van der Waals surface area contributed by atoms with Crippen LogP contribution in [0.2, 0.25) is 0 Å². The summed E-state index contributed by atoms with van der Waals surface area (Å²) in [6, 6.07) is 0. The van der Waals surface area contributed by atoms with E-state index in [1.165, 1.54) is 0 Å². The Morgan fingerprint density at radius 3 is 0.537 bits per heavy atom. The zero-order valence-electron chi connectivity index (χ0n) is 24.1. The van der Waals surface area contributed by atoms with E-state index in [4.69, 9.17) is 0 Å². The zero-order chi connectivity index (χ0) is 26.8. The summed E-state index contributed by atoms with van der Waals surface area (Å²) in [5.74, 6) is 0. The Kier molecular flexibility index (Phi) is 13.0. The monoisotopic (exact) mass is 705 g/mol. The van der Waals surface area contributed by atoms with Gasteiger partial charge in [-0.3, -0.25) is 0 Å². The van der Waals surface area contributed by atoms with Gasteiger partial charge in [0, 0.05) is 0 Å². The Morgan fingerprint density at radius 1 is 0.293 bits per heavy atom. The van der Waals surface area contributed by atoms with E-state index in [9.17, 15) is 0 Å². The molecule has 6 heterocycles. The molecule has 0 bridgehead atoms. The first-order valence-corrected chi connectivity index (χ1v) is 12.8. The van der Waals surface area contributed by atoms with Crippen molar-refractivity contribution in [2.24, 2.45) is 0 Å². The van der Waals surface area contributed by atoms with E-state index in [1.807, 2.05) is 42.3 Å². The fourth-order valence-corrected chi connectivity index (χ4v) is 5.15. The van der Waals surface area contributed by atoms with E-state index in [0.29, 0.717) is 0 Å². The second kappa shape index (κ2) is 15.3. The third-order valence-corrected chi connectivity index (χ3v) is 6.90. The molecule has 0 aromatic rings. The van der Waals surface area contributed by atoms with Gasteiger partial charge in [0.1, 0.15) is 0 Å². The van der Waals surface area contributed by atoms with Crippen molar-refractivity contribution in [2.75, 3.05) is 42.3 Å². The summed E-state index contributed by atoms with van der Waals surface area (Å²) in [5.41, 5.74) is 0. The average Bonchev–Trinajstić information content (AvgIpc) is 3.69. The van der Waals surface area contributed by atoms with Crippen LogP contribution in [0.25, 0.3) is 0 Å². The predicted molar refractivity (Wildman–Crippen MR) is 153 cm³/mol. The molecule has 0 N–H and O–H groups in total. The molecule has 235 valence electrons. The molecule has 0 atom stereocenters. The Balaban J connectivity index is 0.000000267. The topological polar surface area (TPSA) is 38.9 Å². The smallest absolute Gasteiger partial charge is 0.655 e. The van der Waals surface area contributed by atoms with Gasteiger partial charge in [-0.1, -0.05) is 37.2 Å². The maximum atomic E-state index is 2.25. The van der Waals surface area contributed by atoms with Crippen molar-refractivity contribution in [1.82, 2.24) is 58.3 Å². The largest absolute Gasteiger partial charge is 2.00 e. The molecule has 0 aromatic heterocycles. The number of nitrogens with zero attached hydrogens (tertiary/aromatic N) is 12. The van der Waals surface area contributed by atoms with E-state index >= 15 is 0 Å². The maximum Gasteiger partial charge on any atom is 2.00 e. The summed E-state index contributed by atoms with van der Waals surface area (Å²) in [6.07, 6.45) is 25.0. The summed E-state index contributed by atoms with van der Waals surface area (Å²) in [5, 5.41) is 0. The van der Waals surface area contributed by atoms with Gasteiger partial charge in [-0.05, 0) is 79.5 Å². The number of hydrogen-bond donors (Lipinski definition) is 0. The molecule has 12 nitrogen and oxygen atoms in total. The van der Waals surface area contributed by atoms with E-state index in [-0.39, 0.29) is 51.2 Å². The van der Waals surface area contributed by atoms with Gasteiger partial charge < -0.3 is 58.3 Å². The SMILES string of the molecule is CN1C=CN([BH-](N2C=CN(C)[CH-]2)N2C=CN(C)[CH-]2)[CH-]1.CN1C=CN([BH-](N2C=CN(C)[CH-]2)N2C=CN(C)[CH-]2)[CH-]1.[Cu+2].[Cu+2].[Cu+2]. The van der Waals surface area contributed by atoms with Crippen LogP contribution in [0.15, 0.2) is 74.4 Å². The standard InChI is InChI=1S/2C12H19BN6.3Cu/c2*1-14-4-7-17(10-14)13(18-8-5-15(2)11-18)19-9-6-16(3)12-19;;;/h2*4-13H,1-3H3;;;/q2*-4;3*+2. The van der Waals surface area contributed by atoms with Crippen molar-refractivity contribution >= 4 is 14.2 Å². The summed E-state index contributed by atoms with van der Waals surface area (Å²) < 4.78 is 0. The van der Waals surface area contributed by atoms with Crippen LogP contribution in [-0.2, 0) is 51.2 Å². The molecule has 17 heteroatoms. The molecule has 3 radical (unpaired) electrons. The predicted octanol–water partition coefficient (Wildman–Crippen LogP) is 0.427. The van der Waals surface area contributed by atoms with E-state index in [1.54, 1.807) is 0 Å². The summed E-state index contributed by atoms with van der Waals surface area (Å²) in [4.78, 5) is 25.9. The fraction of sp³-hybridized carbons (Fsp3) is 0.250. The molecule has 6 rings (SSSR count). The average molecular weight is 707 g/mol. The van der Waals surface area contributed by atoms with Crippen LogP contribution in [0.5, 0.6) is 0 Å². The summed E-state index contributed by atoms with van der Waals surface area (Å²) in [6.45, 7) is 12.7. The van der Waals surface area contributed by atoms with Crippen molar-refractivity contribution in [3.8, 4) is 0 Å². The zero-order valence-corrected chi connectivity index (χ0v) is 26.9. The van der Waals surface area contributed by atoms with Crippen LogP contribution in [0.4, 0.5) is 0 Å². The van der Waals surface area contributed by atoms with E-state index < -0.39 is 14.2 Å². The van der Waals surface area contributed by atoms with Crippen LogP contribution in [0.3, 0.4) is 0 Å². The molecular formula is C24H38B2Cu3N12-2. The Labute approximate surface area is 279 Å². The summed E-state index contributed by atoms with van der Waals surface area (Å²) in [7, 11) is 10.4. The van der Waals surface area contributed by atoms with Gasteiger partial charge >= 0.3 is 51.2 Å². The molecule has 6 aliphatic heterocycles. The molecular weight excluding hydrogens is 669 g/mol. The van der Waals surface area contributed by atoms with Gasteiger partial charge in [0.25, 0.3) is 0 Å². The van der Waals surface area contributed by atoms with Crippen LogP contribution in [0.1, 0.15) is 0 Å². The Hall–Kier alpha value is -2.27. The molecule has 0 saturated carbocycles. The molecule has 0 aliphatic carbocycles. The molecule has 0 spiro atoms. The summed E-state index contributed by atoms with van der Waals surface area (Å²) >= 11 is 0. The van der Waals surface area contributed by atoms with Gasteiger partial charge in [0.15, 0.2) is 14.2 Å². The van der Waals surface area contributed by atoms with Crippen molar-refractivity contribution in [3.63, 3.8) is 0 Å². The quantitative estimate of drug-likeness (QED) is 0.285. The number of hydrogen-bond acceptors (Lipinski definition) is 12. The second-order valence-corrected chi connectivity index (χ2v) is 10.4. The van der Waals surface area contributed by atoms with Crippen LogP contribution < -0.4 is 0 Å². The Morgan fingerprint density at radius 2 is 0.439 bits per heavy atom. The molecule has 41 heavy (non-hydrogen) atoms. The van der Waals surface area contributed by atoms with Gasteiger partial charge in [-0.25, -0.2) is 0 Å². The van der Waals surface area contributed by atoms with E-state index in [2.05, 4.69) is 173 Å². The minimum absolute atomic E-state index is 0. The first-order valence-electron chi connectivity index (χ1n) is 12.8. The van der Waals surface area contributed by atoms with E-state index in [0.717, 1.165) is 0 Å². The molecule has 0 unspecified atom stereocenters. The number of rotatable bonds is 6. The van der Waals surface area contributed by atoms with Crippen molar-refractivity contribution < 1.29 is 51.2 Å². The normalized spacial score (nSPS) is 20.5. The molecule has 0 aromatic carbocycles. The molecule has 0 fully saturated rings. The maximum absolute atomic E-state index is 2.25. The third kappa shape index (κ3) is 8.40. The minimum Gasteiger partial charge on any atom is -0.655 e. The molecule has 0 saturated heterocycles. The van der Waals surface area contributed by atoms with Crippen molar-refractivity contribution in [3.05, 3.63) is 114 Å². The molecule has 0 amide bonds.